The van der Waals surface area contributed by atoms with Gasteiger partial charge >= 0.3 is 12.1 Å². The van der Waals surface area contributed by atoms with Crippen LogP contribution in [0.15, 0.2) is 4.99 Å². The van der Waals surface area contributed by atoms with Crippen LogP contribution in [0.1, 0.15) is 58.3 Å². The van der Waals surface area contributed by atoms with Crippen molar-refractivity contribution in [2.24, 2.45) is 4.99 Å². The Labute approximate surface area is 188 Å². The average Bonchev–Trinajstić information content (AvgIpc) is 3.32. The van der Waals surface area contributed by atoms with Crippen LogP contribution in [0.5, 0.6) is 0 Å². The van der Waals surface area contributed by atoms with E-state index in [0.717, 1.165) is 25.8 Å². The van der Waals surface area contributed by atoms with E-state index in [0.29, 0.717) is 38.8 Å². The van der Waals surface area contributed by atoms with Crippen molar-refractivity contribution in [2.45, 2.75) is 76.3 Å². The number of carboxylic acids is 1. The maximum Gasteiger partial charge on any atom is 0.409 e. The first-order valence-corrected chi connectivity index (χ1v) is 11.3. The Morgan fingerprint density at radius 1 is 1.22 bits per heavy atom. The number of nitrogens with one attached hydrogen (secondary N) is 5. The predicted molar refractivity (Wildman–Crippen MR) is 117 cm³/mol. The third-order valence-corrected chi connectivity index (χ3v) is 5.21. The molecule has 12 nitrogen and oxygen atoms in total. The van der Waals surface area contributed by atoms with Crippen LogP contribution in [0, 0.1) is 0 Å². The minimum Gasteiger partial charge on any atom is -0.478 e. The molecule has 0 bridgehead atoms. The second kappa shape index (κ2) is 14.0. The SMILES string of the molecule is CCCCOC(=O)NC(CCCCCNC1N=CCCN1)(NC(=O)C1CCNO1)C(=O)O. The third-order valence-electron chi connectivity index (χ3n) is 5.21. The number of carbonyl (C=O) groups excluding carboxylic acids is 2. The van der Waals surface area contributed by atoms with Crippen LogP contribution < -0.4 is 26.7 Å². The topological polar surface area (TPSA) is 162 Å². The first-order valence-electron chi connectivity index (χ1n) is 11.3. The maximum atomic E-state index is 12.6. The number of unbranched alkanes of at least 4 members (excludes halogenated alkanes) is 3. The highest BCUT2D eigenvalue weighted by Gasteiger charge is 2.43. The lowest BCUT2D eigenvalue weighted by Gasteiger charge is -2.32. The van der Waals surface area contributed by atoms with Gasteiger partial charge in [-0.3, -0.25) is 30.6 Å². The number of hydrogen-bond donors (Lipinski definition) is 6. The number of alkyl carbamates (subject to hydrolysis) is 1. The summed E-state index contributed by atoms with van der Waals surface area (Å²) < 4.78 is 5.07. The van der Waals surface area contributed by atoms with Crippen LogP contribution in [0.25, 0.3) is 0 Å². The molecule has 0 aromatic heterocycles. The van der Waals surface area contributed by atoms with Gasteiger partial charge in [0.1, 0.15) is 0 Å². The zero-order valence-electron chi connectivity index (χ0n) is 18.7. The zero-order valence-corrected chi connectivity index (χ0v) is 18.7. The summed E-state index contributed by atoms with van der Waals surface area (Å²) >= 11 is 0. The molecule has 2 rings (SSSR count). The lowest BCUT2D eigenvalue weighted by Crippen LogP contribution is -2.67. The molecular formula is C20H36N6O6. The Kier molecular flexibility index (Phi) is 11.4. The average molecular weight is 457 g/mol. The van der Waals surface area contributed by atoms with Crippen molar-refractivity contribution in [3.8, 4) is 0 Å². The number of hydroxylamine groups is 1. The molecule has 6 N–H and O–H groups in total. The van der Waals surface area contributed by atoms with Gasteiger partial charge in [0.25, 0.3) is 5.91 Å². The Hall–Kier alpha value is -2.28. The second-order valence-corrected chi connectivity index (χ2v) is 7.85. The lowest BCUT2D eigenvalue weighted by atomic mass is 10.0. The van der Waals surface area contributed by atoms with Gasteiger partial charge in [0, 0.05) is 25.7 Å². The number of aliphatic imine (C=N–C) groups is 1. The summed E-state index contributed by atoms with van der Waals surface area (Å²) in [7, 11) is 0. The molecule has 3 unspecified atom stereocenters. The van der Waals surface area contributed by atoms with E-state index in [1.807, 2.05) is 13.1 Å². The number of carboxylic acid groups (broad SMARTS) is 1. The summed E-state index contributed by atoms with van der Waals surface area (Å²) in [5.74, 6) is -1.96. The Bertz CT molecular complexity index is 642. The largest absolute Gasteiger partial charge is 0.478 e. The molecule has 2 heterocycles. The normalized spacial score (nSPS) is 22.2. The molecule has 0 aromatic rings. The molecule has 2 aliphatic heterocycles. The number of ether oxygens (including phenoxy) is 1. The summed E-state index contributed by atoms with van der Waals surface area (Å²) in [4.78, 5) is 46.4. The van der Waals surface area contributed by atoms with Crippen molar-refractivity contribution in [1.82, 2.24) is 26.7 Å². The summed E-state index contributed by atoms with van der Waals surface area (Å²) in [5.41, 5.74) is 0.617. The lowest BCUT2D eigenvalue weighted by molar-refractivity contribution is -0.152. The number of nitrogens with zero attached hydrogens (tertiary/aromatic N) is 1. The maximum absolute atomic E-state index is 12.6. The van der Waals surface area contributed by atoms with Crippen LogP contribution >= 0.6 is 0 Å². The molecule has 0 aromatic carbocycles. The van der Waals surface area contributed by atoms with E-state index < -0.39 is 29.7 Å². The van der Waals surface area contributed by atoms with Gasteiger partial charge in [-0.25, -0.2) is 15.1 Å². The summed E-state index contributed by atoms with van der Waals surface area (Å²) in [6, 6.07) is 0. The van der Waals surface area contributed by atoms with Crippen molar-refractivity contribution < 1.29 is 29.1 Å². The van der Waals surface area contributed by atoms with Crippen molar-refractivity contribution >= 4 is 24.2 Å². The standard InChI is InChI=1S/C20H36N6O6/c1-2-3-14-31-19(30)26-20(17(28)29,25-16(27)15-8-13-24-32-15)9-5-4-6-10-21-18-22-11-7-12-23-18/h11,15,18,21,23-24H,2-10,12-14H2,1H3,(H,25,27)(H,26,30)(H,28,29). The van der Waals surface area contributed by atoms with Gasteiger partial charge in [0.05, 0.1) is 6.61 Å². The van der Waals surface area contributed by atoms with Crippen molar-refractivity contribution in [3.63, 3.8) is 0 Å². The second-order valence-electron chi connectivity index (χ2n) is 7.85. The highest BCUT2D eigenvalue weighted by Crippen LogP contribution is 2.16. The van der Waals surface area contributed by atoms with E-state index in [1.165, 1.54) is 0 Å². The van der Waals surface area contributed by atoms with Crippen molar-refractivity contribution in [2.75, 3.05) is 26.2 Å². The number of aliphatic carboxylic acids is 1. The molecule has 0 radical (unpaired) electrons. The van der Waals surface area contributed by atoms with Crippen molar-refractivity contribution in [1.29, 1.82) is 0 Å². The Morgan fingerprint density at radius 2 is 2.06 bits per heavy atom. The van der Waals surface area contributed by atoms with Gasteiger partial charge < -0.3 is 15.2 Å². The van der Waals surface area contributed by atoms with E-state index in [1.54, 1.807) is 0 Å². The van der Waals surface area contributed by atoms with Crippen molar-refractivity contribution in [3.05, 3.63) is 0 Å². The van der Waals surface area contributed by atoms with Crippen LogP contribution in [-0.2, 0) is 19.2 Å². The smallest absolute Gasteiger partial charge is 0.409 e. The molecule has 0 saturated carbocycles. The number of amides is 2. The van der Waals surface area contributed by atoms with Crippen LogP contribution in [0.4, 0.5) is 4.79 Å². The monoisotopic (exact) mass is 456 g/mol. The van der Waals surface area contributed by atoms with E-state index >= 15 is 0 Å². The molecule has 1 fully saturated rings. The third kappa shape index (κ3) is 8.69. The predicted octanol–water partition coefficient (Wildman–Crippen LogP) is 0.201. The van der Waals surface area contributed by atoms with Gasteiger partial charge in [-0.1, -0.05) is 19.8 Å². The highest BCUT2D eigenvalue weighted by molar-refractivity contribution is 5.91. The molecule has 0 spiro atoms. The van der Waals surface area contributed by atoms with E-state index in [2.05, 4.69) is 31.7 Å². The van der Waals surface area contributed by atoms with Gasteiger partial charge in [-0.05, 0) is 38.6 Å². The first kappa shape index (κ1) is 26.0. The fourth-order valence-electron chi connectivity index (χ4n) is 3.35. The Morgan fingerprint density at radius 3 is 2.72 bits per heavy atom. The zero-order chi connectivity index (χ0) is 23.2. The van der Waals surface area contributed by atoms with Gasteiger partial charge in [0.2, 0.25) is 5.66 Å². The molecule has 3 atom stereocenters. The first-order chi connectivity index (χ1) is 15.5. The number of hydrogen-bond acceptors (Lipinski definition) is 9. The van der Waals surface area contributed by atoms with Crippen LogP contribution in [-0.4, -0.2) is 73.6 Å². The van der Waals surface area contributed by atoms with Gasteiger partial charge in [-0.2, -0.15) is 0 Å². The molecular weight excluding hydrogens is 420 g/mol. The highest BCUT2D eigenvalue weighted by atomic mass is 16.7. The minimum absolute atomic E-state index is 0.0108. The molecule has 32 heavy (non-hydrogen) atoms. The van der Waals surface area contributed by atoms with E-state index in [9.17, 15) is 19.5 Å². The minimum atomic E-state index is -1.98. The van der Waals surface area contributed by atoms with E-state index in [-0.39, 0.29) is 19.3 Å². The van der Waals surface area contributed by atoms with Crippen LogP contribution in [0.2, 0.25) is 0 Å². The van der Waals surface area contributed by atoms with Gasteiger partial charge in [-0.15, -0.1) is 0 Å². The fraction of sp³-hybridized carbons (Fsp3) is 0.800. The molecule has 2 amide bonds. The Balaban J connectivity index is 1.90. The summed E-state index contributed by atoms with van der Waals surface area (Å²) in [6.45, 7) is 4.19. The summed E-state index contributed by atoms with van der Waals surface area (Å²) in [6.07, 6.45) is 4.86. The summed E-state index contributed by atoms with van der Waals surface area (Å²) in [5, 5.41) is 21.3. The molecule has 1 saturated heterocycles. The fourth-order valence-corrected chi connectivity index (χ4v) is 3.35. The quantitative estimate of drug-likeness (QED) is 0.158. The number of rotatable bonds is 14. The molecule has 12 heteroatoms. The molecule has 2 aliphatic rings. The van der Waals surface area contributed by atoms with Crippen LogP contribution in [0.3, 0.4) is 0 Å². The van der Waals surface area contributed by atoms with E-state index in [4.69, 9.17) is 9.57 Å². The van der Waals surface area contributed by atoms with Gasteiger partial charge in [0.15, 0.2) is 12.4 Å². The molecule has 182 valence electrons. The number of carbonyl (C=O) groups is 3. The molecule has 0 aliphatic carbocycles.